The molecule has 0 aromatic heterocycles. The van der Waals surface area contributed by atoms with Crippen molar-refractivity contribution in [1.29, 1.82) is 0 Å². The monoisotopic (exact) mass is 265 g/mol. The summed E-state index contributed by atoms with van der Waals surface area (Å²) in [5.74, 6) is -0.738. The summed E-state index contributed by atoms with van der Waals surface area (Å²) in [6.45, 7) is 3.70. The number of rotatable bonds is 7. The van der Waals surface area contributed by atoms with Crippen molar-refractivity contribution < 1.29 is 19.1 Å². The van der Waals surface area contributed by atoms with Gasteiger partial charge in [-0.05, 0) is 25.7 Å². The molecule has 5 nitrogen and oxygen atoms in total. The van der Waals surface area contributed by atoms with Crippen molar-refractivity contribution in [3.63, 3.8) is 0 Å². The van der Waals surface area contributed by atoms with Gasteiger partial charge in [0.05, 0.1) is 13.0 Å². The Labute approximate surface area is 112 Å². The van der Waals surface area contributed by atoms with Crippen molar-refractivity contribution in [2.75, 3.05) is 13.7 Å². The van der Waals surface area contributed by atoms with E-state index in [0.29, 0.717) is 12.2 Å². The summed E-state index contributed by atoms with van der Waals surface area (Å²) >= 11 is 0. The molecule has 1 fully saturated rings. The van der Waals surface area contributed by atoms with E-state index in [2.05, 4.69) is 6.58 Å². The van der Waals surface area contributed by atoms with Crippen molar-refractivity contribution in [2.24, 2.45) is 0 Å². The maximum absolute atomic E-state index is 11.6. The Hall–Kier alpha value is -1.91. The fourth-order valence-corrected chi connectivity index (χ4v) is 1.78. The summed E-state index contributed by atoms with van der Waals surface area (Å²) in [5, 5.41) is 0. The van der Waals surface area contributed by atoms with E-state index in [9.17, 15) is 14.4 Å². The fraction of sp³-hybridized carbons (Fsp3) is 0.500. The van der Waals surface area contributed by atoms with E-state index in [4.69, 9.17) is 4.74 Å². The third-order valence-electron chi connectivity index (χ3n) is 2.95. The first-order chi connectivity index (χ1) is 9.06. The number of amides is 2. The highest BCUT2D eigenvalue weighted by atomic mass is 16.5. The molecule has 1 aliphatic heterocycles. The number of esters is 1. The van der Waals surface area contributed by atoms with Gasteiger partial charge < -0.3 is 4.74 Å². The average molecular weight is 265 g/mol. The van der Waals surface area contributed by atoms with Gasteiger partial charge in [-0.2, -0.15) is 0 Å². The van der Waals surface area contributed by atoms with Crippen molar-refractivity contribution in [2.45, 2.75) is 32.1 Å². The number of hydrogen-bond donors (Lipinski definition) is 0. The van der Waals surface area contributed by atoms with Gasteiger partial charge in [0.25, 0.3) is 5.91 Å². The molecule has 5 heteroatoms. The first-order valence-corrected chi connectivity index (χ1v) is 6.35. The molecule has 0 aromatic carbocycles. The Morgan fingerprint density at radius 3 is 2.68 bits per heavy atom. The third-order valence-corrected chi connectivity index (χ3v) is 2.95. The van der Waals surface area contributed by atoms with Crippen LogP contribution >= 0.6 is 0 Å². The standard InChI is InChI=1S/C14H19NO4/c1-3-13(17)19-9-7-5-4-6-8-11-10-12(16)15(2)14(11)18/h3,8H,1,4-7,9-10H2,2H3. The lowest BCUT2D eigenvalue weighted by Crippen LogP contribution is -2.23. The van der Waals surface area contributed by atoms with E-state index in [0.717, 1.165) is 36.7 Å². The highest BCUT2D eigenvalue weighted by Gasteiger charge is 2.29. The Balaban J connectivity index is 2.14. The predicted molar refractivity (Wildman–Crippen MR) is 70.1 cm³/mol. The third kappa shape index (κ3) is 4.69. The molecule has 0 atom stereocenters. The van der Waals surface area contributed by atoms with Gasteiger partial charge in [0, 0.05) is 18.7 Å². The lowest BCUT2D eigenvalue weighted by atomic mass is 10.1. The first kappa shape index (κ1) is 15.1. The second kappa shape index (κ2) is 7.51. The molecular weight excluding hydrogens is 246 g/mol. The second-order valence-corrected chi connectivity index (χ2v) is 4.39. The van der Waals surface area contributed by atoms with Crippen LogP contribution in [-0.4, -0.2) is 36.3 Å². The molecule has 0 N–H and O–H groups in total. The van der Waals surface area contributed by atoms with E-state index in [1.54, 1.807) is 0 Å². The van der Waals surface area contributed by atoms with Crippen LogP contribution in [0.25, 0.3) is 0 Å². The summed E-state index contributed by atoms with van der Waals surface area (Å²) in [6.07, 6.45) is 6.55. The summed E-state index contributed by atoms with van der Waals surface area (Å²) in [6, 6.07) is 0. The van der Waals surface area contributed by atoms with Crippen molar-refractivity contribution in [1.82, 2.24) is 4.90 Å². The molecule has 0 saturated carbocycles. The van der Waals surface area contributed by atoms with Crippen molar-refractivity contribution in [3.8, 4) is 0 Å². The molecule has 0 unspecified atom stereocenters. The normalized spacial score (nSPS) is 17.1. The molecule has 0 spiro atoms. The van der Waals surface area contributed by atoms with Gasteiger partial charge in [-0.15, -0.1) is 0 Å². The van der Waals surface area contributed by atoms with Crippen LogP contribution in [0.4, 0.5) is 0 Å². The van der Waals surface area contributed by atoms with E-state index in [-0.39, 0.29) is 18.2 Å². The Morgan fingerprint density at radius 1 is 1.37 bits per heavy atom. The van der Waals surface area contributed by atoms with E-state index < -0.39 is 5.97 Å². The number of likely N-dealkylation sites (tertiary alicyclic amines) is 1. The van der Waals surface area contributed by atoms with Crippen LogP contribution in [0.5, 0.6) is 0 Å². The fourth-order valence-electron chi connectivity index (χ4n) is 1.78. The van der Waals surface area contributed by atoms with Gasteiger partial charge >= 0.3 is 5.97 Å². The molecule has 19 heavy (non-hydrogen) atoms. The van der Waals surface area contributed by atoms with Gasteiger partial charge in [-0.25, -0.2) is 4.79 Å². The number of nitrogens with zero attached hydrogens (tertiary/aromatic N) is 1. The molecule has 1 heterocycles. The molecule has 1 aliphatic rings. The van der Waals surface area contributed by atoms with E-state index >= 15 is 0 Å². The average Bonchev–Trinajstić information content (AvgIpc) is 2.65. The molecule has 0 radical (unpaired) electrons. The van der Waals surface area contributed by atoms with Crippen LogP contribution in [0.15, 0.2) is 24.3 Å². The highest BCUT2D eigenvalue weighted by molar-refractivity contribution is 6.13. The predicted octanol–water partition coefficient (Wildman–Crippen LogP) is 1.59. The van der Waals surface area contributed by atoms with Crippen LogP contribution in [0, 0.1) is 0 Å². The molecule has 2 amide bonds. The molecule has 0 aliphatic carbocycles. The summed E-state index contributed by atoms with van der Waals surface area (Å²) < 4.78 is 4.84. The zero-order valence-corrected chi connectivity index (χ0v) is 11.2. The quantitative estimate of drug-likeness (QED) is 0.303. The minimum absolute atomic E-state index is 0.146. The topological polar surface area (TPSA) is 63.7 Å². The van der Waals surface area contributed by atoms with Gasteiger partial charge in [0.1, 0.15) is 0 Å². The molecule has 1 rings (SSSR count). The number of imide groups is 1. The first-order valence-electron chi connectivity index (χ1n) is 6.35. The van der Waals surface area contributed by atoms with Crippen molar-refractivity contribution >= 4 is 17.8 Å². The Kier molecular flexibility index (Phi) is 5.99. The second-order valence-electron chi connectivity index (χ2n) is 4.39. The molecular formula is C14H19NO4. The van der Waals surface area contributed by atoms with Gasteiger partial charge in [0.2, 0.25) is 5.91 Å². The zero-order chi connectivity index (χ0) is 14.3. The Morgan fingerprint density at radius 2 is 2.11 bits per heavy atom. The van der Waals surface area contributed by atoms with Gasteiger partial charge in [-0.3, -0.25) is 14.5 Å². The maximum atomic E-state index is 11.6. The number of unbranched alkanes of at least 4 members (excludes halogenated alkanes) is 3. The maximum Gasteiger partial charge on any atom is 0.330 e. The van der Waals surface area contributed by atoms with Crippen LogP contribution in [0.1, 0.15) is 32.1 Å². The van der Waals surface area contributed by atoms with Gasteiger partial charge in [-0.1, -0.05) is 12.7 Å². The van der Waals surface area contributed by atoms with Crippen LogP contribution in [-0.2, 0) is 19.1 Å². The number of carbonyl (C=O) groups is 3. The molecule has 0 bridgehead atoms. The van der Waals surface area contributed by atoms with E-state index in [1.807, 2.05) is 6.08 Å². The number of allylic oxidation sites excluding steroid dienone is 1. The lowest BCUT2D eigenvalue weighted by molar-refractivity contribution is -0.138. The Bertz CT molecular complexity index is 412. The number of carbonyl (C=O) groups excluding carboxylic acids is 3. The zero-order valence-electron chi connectivity index (χ0n) is 11.2. The summed E-state index contributed by atoms with van der Waals surface area (Å²) in [7, 11) is 1.50. The number of hydrogen-bond acceptors (Lipinski definition) is 4. The molecule has 1 saturated heterocycles. The summed E-state index contributed by atoms with van der Waals surface area (Å²) in [5.41, 5.74) is 0.589. The number of ether oxygens (including phenoxy) is 1. The lowest BCUT2D eigenvalue weighted by Gasteiger charge is -2.03. The number of likely N-dealkylation sites (N-methyl/N-ethyl adjacent to an activating group) is 1. The smallest absolute Gasteiger partial charge is 0.330 e. The van der Waals surface area contributed by atoms with Crippen LogP contribution in [0.2, 0.25) is 0 Å². The van der Waals surface area contributed by atoms with Crippen LogP contribution in [0.3, 0.4) is 0 Å². The molecule has 0 aromatic rings. The van der Waals surface area contributed by atoms with Crippen molar-refractivity contribution in [3.05, 3.63) is 24.3 Å². The summed E-state index contributed by atoms with van der Waals surface area (Å²) in [4.78, 5) is 34.7. The van der Waals surface area contributed by atoms with Crippen LogP contribution < -0.4 is 0 Å². The minimum atomic E-state index is -0.403. The van der Waals surface area contributed by atoms with Gasteiger partial charge in [0.15, 0.2) is 0 Å². The van der Waals surface area contributed by atoms with E-state index in [1.165, 1.54) is 7.05 Å². The SMILES string of the molecule is C=CC(=O)OCCCCCC=C1CC(=O)N(C)C1=O. The highest BCUT2D eigenvalue weighted by Crippen LogP contribution is 2.18. The minimum Gasteiger partial charge on any atom is -0.463 e. The largest absolute Gasteiger partial charge is 0.463 e. The molecule has 104 valence electrons.